The van der Waals surface area contributed by atoms with Gasteiger partial charge in [0.2, 0.25) is 0 Å². The third-order valence-corrected chi connectivity index (χ3v) is 2.64. The first-order valence-electron chi connectivity index (χ1n) is 5.68. The van der Waals surface area contributed by atoms with E-state index in [1.807, 2.05) is 0 Å². The molecule has 1 aliphatic rings. The second kappa shape index (κ2) is 6.43. The Morgan fingerprint density at radius 2 is 2.00 bits per heavy atom. The van der Waals surface area contributed by atoms with Crippen LogP contribution < -0.4 is 5.32 Å². The van der Waals surface area contributed by atoms with Crippen molar-refractivity contribution in [1.29, 1.82) is 0 Å². The highest BCUT2D eigenvalue weighted by Gasteiger charge is 2.17. The lowest BCUT2D eigenvalue weighted by Crippen LogP contribution is -2.48. The molecule has 15 heavy (non-hydrogen) atoms. The monoisotopic (exact) mass is 216 g/mol. The van der Waals surface area contributed by atoms with Crippen LogP contribution in [0.5, 0.6) is 0 Å². The minimum Gasteiger partial charge on any atom is -0.383 e. The first-order valence-corrected chi connectivity index (χ1v) is 5.68. The second-order valence-corrected chi connectivity index (χ2v) is 4.70. The zero-order valence-corrected chi connectivity index (χ0v) is 10.2. The lowest BCUT2D eigenvalue weighted by molar-refractivity contribution is 0.0366. The van der Waals surface area contributed by atoms with Crippen LogP contribution in [0, 0.1) is 0 Å². The van der Waals surface area contributed by atoms with Crippen LogP contribution in [0.2, 0.25) is 0 Å². The van der Waals surface area contributed by atoms with Gasteiger partial charge >= 0.3 is 0 Å². The predicted octanol–water partition coefficient (Wildman–Crippen LogP) is 0.333. The fraction of sp³-hybridized carbons (Fsp3) is 1.00. The van der Waals surface area contributed by atoms with Crippen molar-refractivity contribution in [3.8, 4) is 0 Å². The van der Waals surface area contributed by atoms with Crippen LogP contribution >= 0.6 is 0 Å². The summed E-state index contributed by atoms with van der Waals surface area (Å²) in [6, 6.07) is 0. The zero-order chi connectivity index (χ0) is 11.1. The minimum absolute atomic E-state index is 0.0705. The lowest BCUT2D eigenvalue weighted by atomic mass is 10.1. The normalized spacial score (nSPS) is 19.4. The van der Waals surface area contributed by atoms with Crippen molar-refractivity contribution in [1.82, 2.24) is 10.2 Å². The highest BCUT2D eigenvalue weighted by Crippen LogP contribution is 2.02. The number of rotatable bonds is 6. The molecule has 1 N–H and O–H groups in total. The molecule has 0 aromatic rings. The van der Waals surface area contributed by atoms with Gasteiger partial charge in [0.05, 0.1) is 19.8 Å². The Balaban J connectivity index is 2.09. The van der Waals surface area contributed by atoms with E-state index in [1.54, 1.807) is 7.11 Å². The molecule has 0 radical (unpaired) electrons. The average molecular weight is 216 g/mol. The summed E-state index contributed by atoms with van der Waals surface area (Å²) in [5.74, 6) is 0. The molecule has 0 aromatic carbocycles. The van der Waals surface area contributed by atoms with Crippen molar-refractivity contribution in [2.75, 3.05) is 53.1 Å². The summed E-state index contributed by atoms with van der Waals surface area (Å²) in [6.45, 7) is 11.1. The maximum atomic E-state index is 5.30. The molecule has 1 saturated heterocycles. The number of hydrogen-bond acceptors (Lipinski definition) is 4. The molecule has 1 rings (SSSR count). The van der Waals surface area contributed by atoms with Gasteiger partial charge in [-0.3, -0.25) is 4.90 Å². The molecule has 0 spiro atoms. The molecule has 0 aliphatic carbocycles. The van der Waals surface area contributed by atoms with E-state index in [9.17, 15) is 0 Å². The van der Waals surface area contributed by atoms with E-state index in [-0.39, 0.29) is 5.54 Å². The van der Waals surface area contributed by atoms with Crippen molar-refractivity contribution in [3.05, 3.63) is 0 Å². The van der Waals surface area contributed by atoms with E-state index in [0.717, 1.165) is 46.0 Å². The van der Waals surface area contributed by atoms with Gasteiger partial charge in [0.15, 0.2) is 0 Å². The number of morpholine rings is 1. The van der Waals surface area contributed by atoms with E-state index < -0.39 is 0 Å². The Hall–Kier alpha value is -0.160. The number of hydrogen-bond donors (Lipinski definition) is 1. The maximum absolute atomic E-state index is 5.30. The highest BCUT2D eigenvalue weighted by molar-refractivity contribution is 4.77. The van der Waals surface area contributed by atoms with E-state index in [1.165, 1.54) is 0 Å². The van der Waals surface area contributed by atoms with Crippen molar-refractivity contribution in [2.24, 2.45) is 0 Å². The molecule has 4 nitrogen and oxygen atoms in total. The van der Waals surface area contributed by atoms with Gasteiger partial charge in [-0.15, -0.1) is 0 Å². The van der Waals surface area contributed by atoms with Gasteiger partial charge in [-0.2, -0.15) is 0 Å². The molecule has 4 heteroatoms. The summed E-state index contributed by atoms with van der Waals surface area (Å²) in [6.07, 6.45) is 0. The van der Waals surface area contributed by atoms with Crippen LogP contribution in [0.15, 0.2) is 0 Å². The molecule has 90 valence electrons. The molecule has 0 atom stereocenters. The number of nitrogens with one attached hydrogen (secondary N) is 1. The van der Waals surface area contributed by atoms with Crippen LogP contribution in [0.3, 0.4) is 0 Å². The second-order valence-electron chi connectivity index (χ2n) is 4.70. The molecule has 0 saturated carbocycles. The van der Waals surface area contributed by atoms with Gasteiger partial charge in [-0.25, -0.2) is 0 Å². The number of methoxy groups -OCH3 is 1. The summed E-state index contributed by atoms with van der Waals surface area (Å²) in [5.41, 5.74) is 0.0705. The Bertz CT molecular complexity index is 168. The van der Waals surface area contributed by atoms with Gasteiger partial charge in [0, 0.05) is 38.8 Å². The predicted molar refractivity (Wildman–Crippen MR) is 61.2 cm³/mol. The molecule has 0 bridgehead atoms. The molecule has 0 amide bonds. The molecular formula is C11H24N2O2. The summed E-state index contributed by atoms with van der Waals surface area (Å²) in [4.78, 5) is 2.43. The molecule has 1 heterocycles. The van der Waals surface area contributed by atoms with Gasteiger partial charge in [-0.1, -0.05) is 0 Å². The fourth-order valence-electron chi connectivity index (χ4n) is 1.79. The van der Waals surface area contributed by atoms with Gasteiger partial charge in [0.25, 0.3) is 0 Å². The van der Waals surface area contributed by atoms with E-state index in [4.69, 9.17) is 9.47 Å². The summed E-state index contributed by atoms with van der Waals surface area (Å²) in [7, 11) is 1.74. The van der Waals surface area contributed by atoms with Crippen LogP contribution in [0.25, 0.3) is 0 Å². The van der Waals surface area contributed by atoms with Gasteiger partial charge < -0.3 is 14.8 Å². The first kappa shape index (κ1) is 12.9. The molecule has 1 aliphatic heterocycles. The highest BCUT2D eigenvalue weighted by atomic mass is 16.5. The van der Waals surface area contributed by atoms with Gasteiger partial charge in [0.1, 0.15) is 0 Å². The third-order valence-electron chi connectivity index (χ3n) is 2.64. The summed E-state index contributed by atoms with van der Waals surface area (Å²) >= 11 is 0. The minimum atomic E-state index is 0.0705. The largest absolute Gasteiger partial charge is 0.383 e. The molecule has 0 unspecified atom stereocenters. The smallest absolute Gasteiger partial charge is 0.0639 e. The molecule has 1 fully saturated rings. The van der Waals surface area contributed by atoms with E-state index in [0.29, 0.717) is 0 Å². The first-order chi connectivity index (χ1) is 7.14. The quantitative estimate of drug-likeness (QED) is 0.694. The number of ether oxygens (including phenoxy) is 2. The fourth-order valence-corrected chi connectivity index (χ4v) is 1.79. The molecular weight excluding hydrogens is 192 g/mol. The van der Waals surface area contributed by atoms with Crippen LogP contribution in [0.4, 0.5) is 0 Å². The number of nitrogens with zero attached hydrogens (tertiary/aromatic N) is 1. The Labute approximate surface area is 92.9 Å². The van der Waals surface area contributed by atoms with Crippen LogP contribution in [-0.2, 0) is 9.47 Å². The van der Waals surface area contributed by atoms with E-state index in [2.05, 4.69) is 24.1 Å². The average Bonchev–Trinajstić information content (AvgIpc) is 2.19. The van der Waals surface area contributed by atoms with Crippen LogP contribution in [-0.4, -0.2) is 63.5 Å². The lowest BCUT2D eigenvalue weighted by Gasteiger charge is -2.30. The Morgan fingerprint density at radius 1 is 1.33 bits per heavy atom. The summed E-state index contributed by atoms with van der Waals surface area (Å²) in [5, 5.41) is 3.50. The maximum Gasteiger partial charge on any atom is 0.0639 e. The van der Waals surface area contributed by atoms with E-state index >= 15 is 0 Å². The Kier molecular flexibility index (Phi) is 5.53. The zero-order valence-electron chi connectivity index (χ0n) is 10.2. The van der Waals surface area contributed by atoms with Crippen molar-refractivity contribution in [3.63, 3.8) is 0 Å². The SMILES string of the molecule is COCC(C)(C)NCCN1CCOCC1. The van der Waals surface area contributed by atoms with Gasteiger partial charge in [-0.05, 0) is 13.8 Å². The topological polar surface area (TPSA) is 33.7 Å². The van der Waals surface area contributed by atoms with Crippen molar-refractivity contribution in [2.45, 2.75) is 19.4 Å². The van der Waals surface area contributed by atoms with Crippen molar-refractivity contribution < 1.29 is 9.47 Å². The Morgan fingerprint density at radius 3 is 2.60 bits per heavy atom. The van der Waals surface area contributed by atoms with Crippen LogP contribution in [0.1, 0.15) is 13.8 Å². The molecule has 0 aromatic heterocycles. The third kappa shape index (κ3) is 5.47. The summed E-state index contributed by atoms with van der Waals surface area (Å²) < 4.78 is 10.5. The standard InChI is InChI=1S/C11H24N2O2/c1-11(2,10-14-3)12-4-5-13-6-8-15-9-7-13/h12H,4-10H2,1-3H3. The van der Waals surface area contributed by atoms with Crippen molar-refractivity contribution >= 4 is 0 Å².